The zero-order valence-corrected chi connectivity index (χ0v) is 23.1. The van der Waals surface area contributed by atoms with E-state index < -0.39 is 66.8 Å². The van der Waals surface area contributed by atoms with Crippen LogP contribution in [0.15, 0.2) is 24.3 Å². The van der Waals surface area contributed by atoms with Crippen molar-refractivity contribution in [1.29, 1.82) is 0 Å². The molecule has 5 aliphatic rings. The number of aliphatic hydroxyl groups is 2. The third kappa shape index (κ3) is 4.26. The molecule has 3 unspecified atom stereocenters. The van der Waals surface area contributed by atoms with Crippen LogP contribution in [-0.4, -0.2) is 92.5 Å². The standard InChI is InChI=1S/C29H32O13/c1-11-36-9-20-27(40-11)24(31)25(32)29(41-20)42-26-14-7-17-16(38-10-39-17)6-13(14)21(22-15(26)8-37-28(22)33)12-4-18(34-2)23(30)19(5-12)35-3/h4-7,11,15,20-22,24-27,29-32H,8-10H2,1-3H3/t11?,15-,20?,21+,22-,24?,25-,26+,27+,29-/m0/s1. The minimum atomic E-state index is -1.44. The van der Waals surface area contributed by atoms with E-state index in [9.17, 15) is 20.1 Å². The fourth-order valence-electron chi connectivity index (χ4n) is 6.74. The number of carbonyl (C=O) groups excluding carboxylic acids is 1. The molecule has 7 rings (SSSR count). The lowest BCUT2D eigenvalue weighted by atomic mass is 9.66. The topological polar surface area (TPSA) is 161 Å². The lowest BCUT2D eigenvalue weighted by Crippen LogP contribution is -2.63. The van der Waals surface area contributed by atoms with Gasteiger partial charge in [-0.1, -0.05) is 0 Å². The van der Waals surface area contributed by atoms with Crippen LogP contribution in [0.3, 0.4) is 0 Å². The number of aliphatic hydroxyl groups excluding tert-OH is 2. The number of ether oxygens (including phenoxy) is 9. The van der Waals surface area contributed by atoms with Crippen molar-refractivity contribution in [2.45, 2.75) is 55.9 Å². The van der Waals surface area contributed by atoms with E-state index in [4.69, 9.17) is 42.6 Å². The number of phenols is 1. The van der Waals surface area contributed by atoms with Crippen LogP contribution in [-0.2, 0) is 28.5 Å². The van der Waals surface area contributed by atoms with E-state index in [0.29, 0.717) is 28.2 Å². The van der Waals surface area contributed by atoms with E-state index in [1.54, 1.807) is 31.2 Å². The third-order valence-corrected chi connectivity index (χ3v) is 8.75. The Hall–Kier alpha value is -3.33. The first-order valence-electron chi connectivity index (χ1n) is 13.8. The number of methoxy groups -OCH3 is 2. The van der Waals surface area contributed by atoms with Gasteiger partial charge in [0.05, 0.1) is 39.5 Å². The molecule has 0 amide bonds. The molecular weight excluding hydrogens is 556 g/mol. The van der Waals surface area contributed by atoms with E-state index in [2.05, 4.69) is 0 Å². The minimum absolute atomic E-state index is 0.0301. The summed E-state index contributed by atoms with van der Waals surface area (Å²) in [6, 6.07) is 6.93. The SMILES string of the molecule is COc1cc([C@@H]2c3cc4c(cc3[C@@H](O[C@@H]3OC5COC(C)O[C@H]5C(O)[C@@H]3O)[C@H]3COC(=O)[C@H]23)OCO4)cc(OC)c1O. The highest BCUT2D eigenvalue weighted by Gasteiger charge is 2.56. The first kappa shape index (κ1) is 27.5. The molecule has 0 radical (unpaired) electrons. The molecule has 2 aromatic rings. The highest BCUT2D eigenvalue weighted by molar-refractivity contribution is 5.79. The number of cyclic esters (lactones) is 1. The molecule has 0 spiro atoms. The molecule has 4 heterocycles. The number of hydrogen-bond acceptors (Lipinski definition) is 13. The van der Waals surface area contributed by atoms with Crippen molar-refractivity contribution < 1.29 is 62.7 Å². The van der Waals surface area contributed by atoms with Gasteiger partial charge in [-0.2, -0.15) is 0 Å². The second-order valence-corrected chi connectivity index (χ2v) is 11.0. The van der Waals surface area contributed by atoms with Crippen molar-refractivity contribution in [2.75, 3.05) is 34.2 Å². The summed E-state index contributed by atoms with van der Waals surface area (Å²) in [4.78, 5) is 13.4. The van der Waals surface area contributed by atoms with E-state index in [0.717, 1.165) is 0 Å². The van der Waals surface area contributed by atoms with Gasteiger partial charge in [0.15, 0.2) is 35.6 Å². The van der Waals surface area contributed by atoms with E-state index >= 15 is 0 Å². The maximum atomic E-state index is 13.4. The van der Waals surface area contributed by atoms with E-state index in [1.807, 2.05) is 0 Å². The van der Waals surface area contributed by atoms with Gasteiger partial charge < -0.3 is 58.0 Å². The normalized spacial score (nSPS) is 36.5. The average molecular weight is 589 g/mol. The van der Waals surface area contributed by atoms with Crippen molar-refractivity contribution in [3.63, 3.8) is 0 Å². The second-order valence-electron chi connectivity index (χ2n) is 11.0. The molecule has 1 aliphatic carbocycles. The molecule has 3 fully saturated rings. The lowest BCUT2D eigenvalue weighted by molar-refractivity contribution is -0.364. The molecule has 226 valence electrons. The number of carbonyl (C=O) groups is 1. The van der Waals surface area contributed by atoms with Crippen LogP contribution in [0.4, 0.5) is 0 Å². The van der Waals surface area contributed by atoms with Gasteiger partial charge in [0, 0.05) is 11.8 Å². The molecule has 13 heteroatoms. The highest BCUT2D eigenvalue weighted by Crippen LogP contribution is 2.57. The zero-order chi connectivity index (χ0) is 29.3. The number of phenolic OH excluding ortho intramolecular Hbond substituents is 1. The Labute approximate surface area is 240 Å². The summed E-state index contributed by atoms with van der Waals surface area (Å²) < 4.78 is 51.5. The van der Waals surface area contributed by atoms with Crippen LogP contribution >= 0.6 is 0 Å². The van der Waals surface area contributed by atoms with Crippen LogP contribution in [0.25, 0.3) is 0 Å². The van der Waals surface area contributed by atoms with Gasteiger partial charge in [0.25, 0.3) is 0 Å². The van der Waals surface area contributed by atoms with Gasteiger partial charge >= 0.3 is 5.97 Å². The van der Waals surface area contributed by atoms with E-state index in [1.165, 1.54) is 14.2 Å². The van der Waals surface area contributed by atoms with Crippen LogP contribution in [0.1, 0.15) is 35.6 Å². The van der Waals surface area contributed by atoms with Gasteiger partial charge in [0.2, 0.25) is 12.5 Å². The van der Waals surface area contributed by atoms with Gasteiger partial charge in [0.1, 0.15) is 24.4 Å². The van der Waals surface area contributed by atoms with Gasteiger partial charge in [-0.15, -0.1) is 0 Å². The molecule has 42 heavy (non-hydrogen) atoms. The number of fused-ring (bicyclic) bond motifs is 4. The van der Waals surface area contributed by atoms with Crippen molar-refractivity contribution >= 4 is 5.97 Å². The molecule has 13 nitrogen and oxygen atoms in total. The molecule has 3 saturated heterocycles. The molecular formula is C29H32O13. The number of aromatic hydroxyl groups is 1. The molecule has 0 aromatic heterocycles. The smallest absolute Gasteiger partial charge is 0.310 e. The molecule has 2 aromatic carbocycles. The summed E-state index contributed by atoms with van der Waals surface area (Å²) in [5, 5.41) is 32.5. The molecule has 3 N–H and O–H groups in total. The summed E-state index contributed by atoms with van der Waals surface area (Å²) in [6.07, 6.45) is -6.80. The second kappa shape index (κ2) is 10.4. The Morgan fingerprint density at radius 3 is 2.26 bits per heavy atom. The van der Waals surface area contributed by atoms with Crippen molar-refractivity contribution in [3.8, 4) is 28.7 Å². The summed E-state index contributed by atoms with van der Waals surface area (Å²) >= 11 is 0. The Kier molecular flexibility index (Phi) is 6.83. The van der Waals surface area contributed by atoms with Crippen LogP contribution in [0.5, 0.6) is 28.7 Å². The minimum Gasteiger partial charge on any atom is -0.502 e. The summed E-state index contributed by atoms with van der Waals surface area (Å²) in [5.74, 6) is -1.02. The number of rotatable bonds is 5. The van der Waals surface area contributed by atoms with Crippen molar-refractivity contribution in [3.05, 3.63) is 41.0 Å². The summed E-state index contributed by atoms with van der Waals surface area (Å²) in [6.45, 7) is 1.93. The Morgan fingerprint density at radius 2 is 1.57 bits per heavy atom. The number of hydrogen-bond donors (Lipinski definition) is 3. The summed E-state index contributed by atoms with van der Waals surface area (Å²) in [5.41, 5.74) is 2.01. The zero-order valence-electron chi connectivity index (χ0n) is 23.1. The fraction of sp³-hybridized carbons (Fsp3) is 0.552. The fourth-order valence-corrected chi connectivity index (χ4v) is 6.74. The maximum Gasteiger partial charge on any atom is 0.310 e. The highest BCUT2D eigenvalue weighted by atomic mass is 16.8. The van der Waals surface area contributed by atoms with Gasteiger partial charge in [-0.05, 0) is 47.9 Å². The van der Waals surface area contributed by atoms with Gasteiger partial charge in [-0.3, -0.25) is 4.79 Å². The molecule has 10 atom stereocenters. The van der Waals surface area contributed by atoms with E-state index in [-0.39, 0.29) is 37.3 Å². The quantitative estimate of drug-likeness (QED) is 0.430. The Bertz CT molecular complexity index is 1350. The van der Waals surface area contributed by atoms with Crippen LogP contribution in [0.2, 0.25) is 0 Å². The summed E-state index contributed by atoms with van der Waals surface area (Å²) in [7, 11) is 2.86. The average Bonchev–Trinajstić information content (AvgIpc) is 3.61. The van der Waals surface area contributed by atoms with Crippen molar-refractivity contribution in [1.82, 2.24) is 0 Å². The van der Waals surface area contributed by atoms with Crippen molar-refractivity contribution in [2.24, 2.45) is 11.8 Å². The lowest BCUT2D eigenvalue weighted by Gasteiger charge is -2.47. The monoisotopic (exact) mass is 588 g/mol. The predicted octanol–water partition coefficient (Wildman–Crippen LogP) is 1.34. The number of benzene rings is 2. The van der Waals surface area contributed by atoms with Crippen LogP contribution < -0.4 is 18.9 Å². The maximum absolute atomic E-state index is 13.4. The molecule has 0 saturated carbocycles. The first-order chi connectivity index (χ1) is 20.3. The van der Waals surface area contributed by atoms with Crippen LogP contribution in [0, 0.1) is 11.8 Å². The largest absolute Gasteiger partial charge is 0.502 e. The Balaban J connectivity index is 1.32. The Morgan fingerprint density at radius 1 is 0.881 bits per heavy atom. The predicted molar refractivity (Wildman–Crippen MR) is 138 cm³/mol. The number of esters is 1. The first-order valence-corrected chi connectivity index (χ1v) is 13.8. The molecule has 0 bridgehead atoms. The molecule has 4 aliphatic heterocycles. The van der Waals surface area contributed by atoms with Gasteiger partial charge in [-0.25, -0.2) is 0 Å². The third-order valence-electron chi connectivity index (χ3n) is 8.75.